The number of halogens is 1. The lowest BCUT2D eigenvalue weighted by molar-refractivity contribution is -0.144. The Morgan fingerprint density at radius 1 is 1.23 bits per heavy atom. The third kappa shape index (κ3) is 4.24. The predicted octanol–water partition coefficient (Wildman–Crippen LogP) is 2.54. The standard InChI is InChI=1S/C20H20BrN3O5S/c1-4-29-18(26)10-23-9-12(14-8-13(21)5-6-15(14)23)7-16-19(27)22(2)20(30)24(16)11-17(25)28-3/h5-9H,4,10-11H2,1-3H3/b16-7-. The number of amides is 1. The molecule has 2 aromatic rings. The van der Waals surface area contributed by atoms with Crippen LogP contribution in [0.15, 0.2) is 34.6 Å². The fraction of sp³-hybridized carbons (Fsp3) is 0.300. The third-order valence-electron chi connectivity index (χ3n) is 4.62. The molecule has 1 aromatic carbocycles. The van der Waals surface area contributed by atoms with Crippen molar-refractivity contribution in [2.45, 2.75) is 13.5 Å². The molecule has 1 amide bonds. The lowest BCUT2D eigenvalue weighted by atomic mass is 10.1. The first-order valence-corrected chi connectivity index (χ1v) is 10.3. The molecule has 158 valence electrons. The van der Waals surface area contributed by atoms with Crippen LogP contribution in [0.2, 0.25) is 0 Å². The zero-order valence-electron chi connectivity index (χ0n) is 16.7. The first kappa shape index (κ1) is 22.0. The van der Waals surface area contributed by atoms with Crippen LogP contribution in [0.25, 0.3) is 17.0 Å². The smallest absolute Gasteiger partial charge is 0.325 e. The molecule has 1 aliphatic heterocycles. The maximum absolute atomic E-state index is 12.8. The van der Waals surface area contributed by atoms with Gasteiger partial charge in [0.05, 0.1) is 13.7 Å². The molecule has 0 bridgehead atoms. The second-order valence-electron chi connectivity index (χ2n) is 6.52. The number of carbonyl (C=O) groups excluding carboxylic acids is 3. The normalized spacial score (nSPS) is 15.4. The summed E-state index contributed by atoms with van der Waals surface area (Å²) in [6.45, 7) is 1.90. The van der Waals surface area contributed by atoms with E-state index in [4.69, 9.17) is 21.7 Å². The summed E-state index contributed by atoms with van der Waals surface area (Å²) in [7, 11) is 2.83. The van der Waals surface area contributed by atoms with Crippen molar-refractivity contribution in [2.24, 2.45) is 0 Å². The number of nitrogens with zero attached hydrogens (tertiary/aromatic N) is 3. The number of rotatable bonds is 6. The minimum absolute atomic E-state index is 0.0350. The molecule has 0 unspecified atom stereocenters. The average molecular weight is 494 g/mol. The minimum atomic E-state index is -0.515. The first-order valence-electron chi connectivity index (χ1n) is 9.08. The highest BCUT2D eigenvalue weighted by Crippen LogP contribution is 2.30. The maximum Gasteiger partial charge on any atom is 0.325 e. The monoisotopic (exact) mass is 493 g/mol. The lowest BCUT2D eigenvalue weighted by Crippen LogP contribution is -2.33. The van der Waals surface area contributed by atoms with E-state index < -0.39 is 5.97 Å². The van der Waals surface area contributed by atoms with Gasteiger partial charge in [0, 0.05) is 34.2 Å². The van der Waals surface area contributed by atoms with Gasteiger partial charge in [-0.2, -0.15) is 0 Å². The molecule has 0 N–H and O–H groups in total. The zero-order chi connectivity index (χ0) is 22.0. The van der Waals surface area contributed by atoms with Crippen LogP contribution in [0.5, 0.6) is 0 Å². The van der Waals surface area contributed by atoms with Gasteiger partial charge in [0.1, 0.15) is 18.8 Å². The first-order chi connectivity index (χ1) is 14.3. The number of ether oxygens (including phenoxy) is 2. The summed E-state index contributed by atoms with van der Waals surface area (Å²) in [5.41, 5.74) is 1.76. The van der Waals surface area contributed by atoms with Crippen LogP contribution >= 0.6 is 28.1 Å². The summed E-state index contributed by atoms with van der Waals surface area (Å²) in [6.07, 6.45) is 3.43. The van der Waals surface area contributed by atoms with E-state index >= 15 is 0 Å². The number of aromatic nitrogens is 1. The van der Waals surface area contributed by atoms with E-state index in [0.29, 0.717) is 12.2 Å². The molecule has 8 nitrogen and oxygen atoms in total. The second kappa shape index (κ2) is 8.97. The van der Waals surface area contributed by atoms with Crippen molar-refractivity contribution in [3.8, 4) is 0 Å². The highest BCUT2D eigenvalue weighted by molar-refractivity contribution is 9.10. The Hall–Kier alpha value is -2.72. The van der Waals surface area contributed by atoms with E-state index in [9.17, 15) is 14.4 Å². The summed E-state index contributed by atoms with van der Waals surface area (Å²) in [5.74, 6) is -1.20. The second-order valence-corrected chi connectivity index (χ2v) is 7.80. The number of likely N-dealkylation sites (N-methyl/N-ethyl adjacent to an activating group) is 1. The third-order valence-corrected chi connectivity index (χ3v) is 5.61. The molecule has 1 aliphatic rings. The van der Waals surface area contributed by atoms with Gasteiger partial charge >= 0.3 is 11.9 Å². The summed E-state index contributed by atoms with van der Waals surface area (Å²) in [6, 6.07) is 5.64. The molecule has 1 saturated heterocycles. The Bertz CT molecular complexity index is 1080. The molecule has 10 heteroatoms. The van der Waals surface area contributed by atoms with Crippen LogP contribution in [0.4, 0.5) is 0 Å². The van der Waals surface area contributed by atoms with Crippen LogP contribution in [0.1, 0.15) is 12.5 Å². The molecule has 0 atom stereocenters. The van der Waals surface area contributed by atoms with Gasteiger partial charge in [0.25, 0.3) is 5.91 Å². The highest BCUT2D eigenvalue weighted by Gasteiger charge is 2.37. The summed E-state index contributed by atoms with van der Waals surface area (Å²) >= 11 is 8.78. The fourth-order valence-electron chi connectivity index (χ4n) is 3.18. The van der Waals surface area contributed by atoms with Crippen molar-refractivity contribution < 1.29 is 23.9 Å². The van der Waals surface area contributed by atoms with Crippen LogP contribution < -0.4 is 0 Å². The number of carbonyl (C=O) groups is 3. The summed E-state index contributed by atoms with van der Waals surface area (Å²) < 4.78 is 12.4. The predicted molar refractivity (Wildman–Crippen MR) is 118 cm³/mol. The number of thiocarbonyl (C=S) groups is 1. The quantitative estimate of drug-likeness (QED) is 0.347. The molecule has 0 aliphatic carbocycles. The number of benzene rings is 1. The topological polar surface area (TPSA) is 81.1 Å². The van der Waals surface area contributed by atoms with Crippen molar-refractivity contribution in [1.29, 1.82) is 0 Å². The van der Waals surface area contributed by atoms with Gasteiger partial charge in [-0.25, -0.2) is 0 Å². The zero-order valence-corrected chi connectivity index (χ0v) is 19.1. The lowest BCUT2D eigenvalue weighted by Gasteiger charge is -2.16. The Morgan fingerprint density at radius 3 is 2.63 bits per heavy atom. The van der Waals surface area contributed by atoms with Crippen molar-refractivity contribution in [2.75, 3.05) is 27.3 Å². The van der Waals surface area contributed by atoms with E-state index in [1.165, 1.54) is 16.9 Å². The van der Waals surface area contributed by atoms with E-state index in [2.05, 4.69) is 15.9 Å². The Morgan fingerprint density at radius 2 is 1.97 bits per heavy atom. The van der Waals surface area contributed by atoms with Crippen molar-refractivity contribution in [3.63, 3.8) is 0 Å². The number of hydrogen-bond donors (Lipinski definition) is 0. The molecule has 1 fully saturated rings. The van der Waals surface area contributed by atoms with Crippen LogP contribution in [-0.4, -0.2) is 64.6 Å². The van der Waals surface area contributed by atoms with E-state index in [1.807, 2.05) is 18.2 Å². The van der Waals surface area contributed by atoms with Gasteiger partial charge in [-0.1, -0.05) is 15.9 Å². The maximum atomic E-state index is 12.8. The van der Waals surface area contributed by atoms with Gasteiger partial charge < -0.3 is 18.9 Å². The Balaban J connectivity index is 2.10. The number of methoxy groups -OCH3 is 1. The SMILES string of the molecule is CCOC(=O)Cn1cc(/C=C2/C(=O)N(C)C(=S)N2CC(=O)OC)c2cc(Br)ccc21. The molecule has 3 rings (SSSR count). The molecule has 1 aromatic heterocycles. The number of esters is 2. The van der Waals surface area contributed by atoms with Crippen molar-refractivity contribution >= 4 is 68.1 Å². The summed E-state index contributed by atoms with van der Waals surface area (Å²) in [5, 5.41) is 1.04. The van der Waals surface area contributed by atoms with Gasteiger partial charge in [0.2, 0.25) is 0 Å². The molecular formula is C20H20BrN3O5S. The fourth-order valence-corrected chi connectivity index (χ4v) is 3.79. The van der Waals surface area contributed by atoms with Gasteiger partial charge in [-0.3, -0.25) is 19.3 Å². The van der Waals surface area contributed by atoms with Crippen LogP contribution in [0.3, 0.4) is 0 Å². The number of hydrogen-bond acceptors (Lipinski definition) is 6. The Kier molecular flexibility index (Phi) is 6.57. The van der Waals surface area contributed by atoms with E-state index in [1.54, 1.807) is 30.8 Å². The van der Waals surface area contributed by atoms with Crippen LogP contribution in [0, 0.1) is 0 Å². The van der Waals surface area contributed by atoms with Crippen molar-refractivity contribution in [3.05, 3.63) is 40.1 Å². The molecule has 2 heterocycles. The van der Waals surface area contributed by atoms with E-state index in [0.717, 1.165) is 15.4 Å². The largest absolute Gasteiger partial charge is 0.468 e. The molecule has 30 heavy (non-hydrogen) atoms. The number of fused-ring (bicyclic) bond motifs is 1. The van der Waals surface area contributed by atoms with Gasteiger partial charge in [0.15, 0.2) is 5.11 Å². The minimum Gasteiger partial charge on any atom is -0.468 e. The molecule has 0 saturated carbocycles. The van der Waals surface area contributed by atoms with Crippen LogP contribution in [-0.2, 0) is 30.4 Å². The molecular weight excluding hydrogens is 474 g/mol. The van der Waals surface area contributed by atoms with Gasteiger partial charge in [-0.05, 0) is 43.4 Å². The van der Waals surface area contributed by atoms with Crippen molar-refractivity contribution in [1.82, 2.24) is 14.4 Å². The van der Waals surface area contributed by atoms with E-state index in [-0.39, 0.29) is 35.8 Å². The highest BCUT2D eigenvalue weighted by atomic mass is 79.9. The average Bonchev–Trinajstić information content (AvgIpc) is 3.13. The van der Waals surface area contributed by atoms with Gasteiger partial charge in [-0.15, -0.1) is 0 Å². The molecule has 0 radical (unpaired) electrons. The molecule has 0 spiro atoms. The Labute approximate surface area is 187 Å². The summed E-state index contributed by atoms with van der Waals surface area (Å²) in [4.78, 5) is 39.3.